The van der Waals surface area contributed by atoms with Crippen LogP contribution in [-0.2, 0) is 0 Å². The summed E-state index contributed by atoms with van der Waals surface area (Å²) in [6.45, 7) is 0. The molecule has 2 aromatic heterocycles. The van der Waals surface area contributed by atoms with E-state index in [4.69, 9.17) is 0 Å². The van der Waals surface area contributed by atoms with Gasteiger partial charge in [0, 0.05) is 32.8 Å². The van der Waals surface area contributed by atoms with Crippen molar-refractivity contribution in [3.8, 4) is 55.9 Å². The number of fused-ring (bicyclic) bond motifs is 6. The van der Waals surface area contributed by atoms with Gasteiger partial charge < -0.3 is 9.13 Å². The average molecular weight is 713 g/mol. The van der Waals surface area contributed by atoms with Crippen LogP contribution >= 0.6 is 0 Å². The minimum atomic E-state index is 1.15. The summed E-state index contributed by atoms with van der Waals surface area (Å²) in [6.07, 6.45) is 0. The summed E-state index contributed by atoms with van der Waals surface area (Å²) in [7, 11) is 0. The molecule has 0 aliphatic heterocycles. The molecule has 0 fully saturated rings. The van der Waals surface area contributed by atoms with E-state index in [1.807, 2.05) is 0 Å². The van der Waals surface area contributed by atoms with Crippen LogP contribution in [0.1, 0.15) is 0 Å². The van der Waals surface area contributed by atoms with Gasteiger partial charge in [-0.05, 0) is 99.6 Å². The van der Waals surface area contributed by atoms with Gasteiger partial charge in [0.25, 0.3) is 0 Å². The van der Waals surface area contributed by atoms with Crippen molar-refractivity contribution in [1.29, 1.82) is 0 Å². The number of aromatic nitrogens is 2. The molecule has 2 heterocycles. The monoisotopic (exact) mass is 712 g/mol. The summed E-state index contributed by atoms with van der Waals surface area (Å²) in [6, 6.07) is 79.4. The maximum atomic E-state index is 2.43. The summed E-state index contributed by atoms with van der Waals surface area (Å²) < 4.78 is 4.85. The van der Waals surface area contributed by atoms with E-state index >= 15 is 0 Å². The molecular formula is C54H36N2. The third-order valence-corrected chi connectivity index (χ3v) is 11.3. The Balaban J connectivity index is 1.09. The molecule has 0 unspecified atom stereocenters. The number of benzene rings is 9. The van der Waals surface area contributed by atoms with E-state index in [-0.39, 0.29) is 0 Å². The Kier molecular flexibility index (Phi) is 7.53. The highest BCUT2D eigenvalue weighted by atomic mass is 15.0. The number of para-hydroxylation sites is 2. The van der Waals surface area contributed by atoms with Gasteiger partial charge in [-0.25, -0.2) is 0 Å². The van der Waals surface area contributed by atoms with Gasteiger partial charge in [0.2, 0.25) is 0 Å². The molecule has 0 N–H and O–H groups in total. The molecule has 11 aromatic rings. The van der Waals surface area contributed by atoms with Crippen molar-refractivity contribution in [2.45, 2.75) is 0 Å². The van der Waals surface area contributed by atoms with Gasteiger partial charge in [0.05, 0.1) is 27.8 Å². The normalized spacial score (nSPS) is 11.6. The lowest BCUT2D eigenvalue weighted by molar-refractivity contribution is 1.18. The minimum Gasteiger partial charge on any atom is -0.309 e. The fourth-order valence-corrected chi connectivity index (χ4v) is 8.67. The van der Waals surface area contributed by atoms with Crippen LogP contribution < -0.4 is 0 Å². The number of hydrogen-bond donors (Lipinski definition) is 0. The van der Waals surface area contributed by atoms with Crippen molar-refractivity contribution < 1.29 is 0 Å². The van der Waals surface area contributed by atoms with Crippen LogP contribution in [0.4, 0.5) is 0 Å². The lowest BCUT2D eigenvalue weighted by Gasteiger charge is -2.14. The molecule has 262 valence electrons. The van der Waals surface area contributed by atoms with Crippen molar-refractivity contribution in [3.63, 3.8) is 0 Å². The van der Waals surface area contributed by atoms with E-state index in [2.05, 4.69) is 228 Å². The summed E-state index contributed by atoms with van der Waals surface area (Å²) in [5, 5.41) is 4.97. The summed E-state index contributed by atoms with van der Waals surface area (Å²) in [5.41, 5.74) is 16.8. The molecular weight excluding hydrogens is 677 g/mol. The summed E-state index contributed by atoms with van der Waals surface area (Å²) in [4.78, 5) is 0. The smallest absolute Gasteiger partial charge is 0.0541 e. The average Bonchev–Trinajstić information content (AvgIpc) is 3.79. The molecule has 0 aliphatic rings. The van der Waals surface area contributed by atoms with Crippen LogP contribution in [-0.4, -0.2) is 9.13 Å². The zero-order chi connectivity index (χ0) is 37.0. The molecule has 11 rings (SSSR count). The second kappa shape index (κ2) is 13.2. The number of nitrogens with zero attached hydrogens (tertiary/aromatic N) is 2. The minimum absolute atomic E-state index is 1.15. The third kappa shape index (κ3) is 5.26. The fraction of sp³-hybridized carbons (Fsp3) is 0. The van der Waals surface area contributed by atoms with E-state index in [0.717, 1.165) is 5.69 Å². The predicted octanol–water partition coefficient (Wildman–Crippen LogP) is 14.5. The maximum absolute atomic E-state index is 2.43. The Labute approximate surface area is 325 Å². The molecule has 0 atom stereocenters. The molecule has 2 nitrogen and oxygen atoms in total. The summed E-state index contributed by atoms with van der Waals surface area (Å²) in [5.74, 6) is 0. The van der Waals surface area contributed by atoms with Gasteiger partial charge >= 0.3 is 0 Å². The maximum Gasteiger partial charge on any atom is 0.0541 e. The molecule has 2 heteroatoms. The van der Waals surface area contributed by atoms with E-state index in [0.29, 0.717) is 0 Å². The molecule has 0 amide bonds. The standard InChI is InChI=1S/C54H36N2/c1-4-14-37(15-5-1)39-24-29-44(30-25-39)55-52-31-26-41(38-16-6-2-7-17-38)34-48(52)49-36-43(27-32-53(49)55)42-28-33-54-47(35-42)46-21-11-13-23-51(46)56(54)50-22-12-10-20-45(50)40-18-8-3-9-19-40/h1-36H. The van der Waals surface area contributed by atoms with Crippen LogP contribution in [0.25, 0.3) is 99.5 Å². The second-order valence-corrected chi connectivity index (χ2v) is 14.5. The predicted molar refractivity (Wildman–Crippen MR) is 237 cm³/mol. The Bertz CT molecular complexity index is 3210. The van der Waals surface area contributed by atoms with Crippen LogP contribution in [0.2, 0.25) is 0 Å². The van der Waals surface area contributed by atoms with Gasteiger partial charge in [-0.3, -0.25) is 0 Å². The topological polar surface area (TPSA) is 9.86 Å². The first-order valence-corrected chi connectivity index (χ1v) is 19.3. The van der Waals surface area contributed by atoms with Crippen molar-refractivity contribution >= 4 is 43.6 Å². The van der Waals surface area contributed by atoms with Gasteiger partial charge in [-0.15, -0.1) is 0 Å². The molecule has 0 spiro atoms. The van der Waals surface area contributed by atoms with E-state index in [1.165, 1.54) is 93.8 Å². The Morgan fingerprint density at radius 1 is 0.232 bits per heavy atom. The Morgan fingerprint density at radius 3 is 1.23 bits per heavy atom. The first-order chi connectivity index (χ1) is 27.8. The number of hydrogen-bond acceptors (Lipinski definition) is 0. The van der Waals surface area contributed by atoms with Crippen LogP contribution in [0.3, 0.4) is 0 Å². The van der Waals surface area contributed by atoms with Gasteiger partial charge in [-0.2, -0.15) is 0 Å². The van der Waals surface area contributed by atoms with Crippen LogP contribution in [0.5, 0.6) is 0 Å². The molecule has 0 aliphatic carbocycles. The quantitative estimate of drug-likeness (QED) is 0.162. The van der Waals surface area contributed by atoms with Crippen LogP contribution in [0, 0.1) is 0 Å². The molecule has 0 saturated heterocycles. The highest BCUT2D eigenvalue weighted by molar-refractivity contribution is 6.13. The largest absolute Gasteiger partial charge is 0.309 e. The van der Waals surface area contributed by atoms with E-state index in [1.54, 1.807) is 0 Å². The van der Waals surface area contributed by atoms with Gasteiger partial charge in [-0.1, -0.05) is 158 Å². The van der Waals surface area contributed by atoms with Crippen molar-refractivity contribution in [2.24, 2.45) is 0 Å². The number of rotatable bonds is 6. The summed E-state index contributed by atoms with van der Waals surface area (Å²) >= 11 is 0. The van der Waals surface area contributed by atoms with Crippen LogP contribution in [0.15, 0.2) is 218 Å². The lowest BCUT2D eigenvalue weighted by atomic mass is 9.99. The SMILES string of the molecule is c1ccc(-c2ccc(-n3c4ccc(-c5ccccc5)cc4c4cc(-c5ccc6c(c5)c5ccccc5n6-c5ccccc5-c5ccccc5)ccc43)cc2)cc1. The van der Waals surface area contributed by atoms with E-state index in [9.17, 15) is 0 Å². The third-order valence-electron chi connectivity index (χ3n) is 11.3. The zero-order valence-corrected chi connectivity index (χ0v) is 30.7. The Morgan fingerprint density at radius 2 is 0.625 bits per heavy atom. The Hall–Kier alpha value is -7.42. The zero-order valence-electron chi connectivity index (χ0n) is 30.7. The molecule has 0 bridgehead atoms. The van der Waals surface area contributed by atoms with Crippen molar-refractivity contribution in [3.05, 3.63) is 218 Å². The van der Waals surface area contributed by atoms with Crippen molar-refractivity contribution in [2.75, 3.05) is 0 Å². The molecule has 56 heavy (non-hydrogen) atoms. The van der Waals surface area contributed by atoms with Gasteiger partial charge in [0.1, 0.15) is 0 Å². The highest BCUT2D eigenvalue weighted by Gasteiger charge is 2.18. The fourth-order valence-electron chi connectivity index (χ4n) is 8.67. The van der Waals surface area contributed by atoms with Crippen molar-refractivity contribution in [1.82, 2.24) is 9.13 Å². The molecule has 9 aromatic carbocycles. The van der Waals surface area contributed by atoms with Gasteiger partial charge in [0.15, 0.2) is 0 Å². The van der Waals surface area contributed by atoms with E-state index < -0.39 is 0 Å². The first-order valence-electron chi connectivity index (χ1n) is 19.3. The first kappa shape index (κ1) is 32.0. The second-order valence-electron chi connectivity index (χ2n) is 14.5. The molecule has 0 saturated carbocycles. The molecule has 0 radical (unpaired) electrons. The highest BCUT2D eigenvalue weighted by Crippen LogP contribution is 2.41. The lowest BCUT2D eigenvalue weighted by Crippen LogP contribution is -1.97.